The quantitative estimate of drug-likeness (QED) is 0.585. The largest absolute Gasteiger partial charge is 0.493 e. The zero-order valence-corrected chi connectivity index (χ0v) is 16.4. The summed E-state index contributed by atoms with van der Waals surface area (Å²) < 4.78 is 5.83. The van der Waals surface area contributed by atoms with Gasteiger partial charge in [0, 0.05) is 23.9 Å². The van der Waals surface area contributed by atoms with Gasteiger partial charge >= 0.3 is 0 Å². The molecule has 28 heavy (non-hydrogen) atoms. The summed E-state index contributed by atoms with van der Waals surface area (Å²) in [5.41, 5.74) is 5.23. The van der Waals surface area contributed by atoms with Gasteiger partial charge < -0.3 is 15.4 Å². The number of ether oxygens (including phenoxy) is 1. The normalized spacial score (nSPS) is 10.4. The molecule has 4 nitrogen and oxygen atoms in total. The number of para-hydroxylation sites is 1. The minimum absolute atomic E-state index is 0.0934. The van der Waals surface area contributed by atoms with Crippen LogP contribution in [0.15, 0.2) is 72.8 Å². The van der Waals surface area contributed by atoms with Crippen molar-refractivity contribution in [1.29, 1.82) is 0 Å². The van der Waals surface area contributed by atoms with Crippen LogP contribution >= 0.6 is 0 Å². The molecule has 3 aromatic carbocycles. The van der Waals surface area contributed by atoms with Crippen LogP contribution in [0.4, 0.5) is 11.4 Å². The Hall–Kier alpha value is -3.27. The molecule has 1 amide bonds. The molecule has 0 aliphatic heterocycles. The van der Waals surface area contributed by atoms with Crippen LogP contribution in [0.1, 0.15) is 16.7 Å². The molecule has 0 aromatic heterocycles. The highest BCUT2D eigenvalue weighted by Gasteiger charge is 2.06. The van der Waals surface area contributed by atoms with Gasteiger partial charge in [0.1, 0.15) is 5.75 Å². The number of aryl methyl sites for hydroxylation is 2. The molecule has 0 unspecified atom stereocenters. The van der Waals surface area contributed by atoms with Gasteiger partial charge in [0.05, 0.1) is 13.2 Å². The molecule has 0 heterocycles. The molecule has 3 rings (SSSR count). The van der Waals surface area contributed by atoms with Crippen molar-refractivity contribution in [3.05, 3.63) is 89.5 Å². The maximum absolute atomic E-state index is 12.3. The third kappa shape index (κ3) is 5.61. The second-order valence-corrected chi connectivity index (χ2v) is 6.78. The van der Waals surface area contributed by atoms with E-state index in [4.69, 9.17) is 4.74 Å². The first kappa shape index (κ1) is 19.5. The third-order valence-corrected chi connectivity index (χ3v) is 4.53. The lowest BCUT2D eigenvalue weighted by atomic mass is 10.1. The molecule has 144 valence electrons. The molecular formula is C24H26N2O2. The molecule has 2 N–H and O–H groups in total. The van der Waals surface area contributed by atoms with E-state index in [-0.39, 0.29) is 12.5 Å². The number of carbonyl (C=O) groups excluding carboxylic acids is 1. The smallest absolute Gasteiger partial charge is 0.243 e. The molecule has 0 spiro atoms. The standard InChI is InChI=1S/C24H26N2O2/c1-18-8-6-9-19(2)24(18)25-17-23(27)26-21-12-7-13-22(16-21)28-15-14-20-10-4-3-5-11-20/h3-13,16,25H,14-15,17H2,1-2H3,(H,26,27). The maximum atomic E-state index is 12.3. The van der Waals surface area contributed by atoms with E-state index in [0.717, 1.165) is 34.7 Å². The lowest BCUT2D eigenvalue weighted by Crippen LogP contribution is -2.22. The van der Waals surface area contributed by atoms with Crippen LogP contribution in [0.3, 0.4) is 0 Å². The lowest BCUT2D eigenvalue weighted by Gasteiger charge is -2.13. The van der Waals surface area contributed by atoms with Crippen LogP contribution in [-0.2, 0) is 11.2 Å². The average molecular weight is 374 g/mol. The van der Waals surface area contributed by atoms with Gasteiger partial charge in [-0.1, -0.05) is 54.6 Å². The highest BCUT2D eigenvalue weighted by Crippen LogP contribution is 2.20. The Balaban J connectivity index is 1.50. The fourth-order valence-electron chi connectivity index (χ4n) is 3.06. The van der Waals surface area contributed by atoms with Gasteiger partial charge in [-0.3, -0.25) is 4.79 Å². The number of hydrogen-bond acceptors (Lipinski definition) is 3. The minimum atomic E-state index is -0.0934. The number of rotatable bonds is 8. The molecule has 0 fully saturated rings. The molecule has 0 aliphatic rings. The molecule has 0 radical (unpaired) electrons. The van der Waals surface area contributed by atoms with Gasteiger partial charge in [0.25, 0.3) is 0 Å². The lowest BCUT2D eigenvalue weighted by molar-refractivity contribution is -0.114. The highest BCUT2D eigenvalue weighted by atomic mass is 16.5. The molecule has 0 atom stereocenters. The number of hydrogen-bond donors (Lipinski definition) is 2. The third-order valence-electron chi connectivity index (χ3n) is 4.53. The van der Waals surface area contributed by atoms with Gasteiger partial charge in [-0.2, -0.15) is 0 Å². The highest BCUT2D eigenvalue weighted by molar-refractivity contribution is 5.94. The molecule has 0 aliphatic carbocycles. The predicted octanol–water partition coefficient (Wildman–Crippen LogP) is 4.98. The Labute approximate surface area is 166 Å². The van der Waals surface area contributed by atoms with Crippen molar-refractivity contribution >= 4 is 17.3 Å². The zero-order chi connectivity index (χ0) is 19.8. The predicted molar refractivity (Wildman–Crippen MR) is 115 cm³/mol. The zero-order valence-electron chi connectivity index (χ0n) is 16.4. The van der Waals surface area contributed by atoms with Crippen molar-refractivity contribution in [3.8, 4) is 5.75 Å². The number of carbonyl (C=O) groups is 1. The van der Waals surface area contributed by atoms with Crippen molar-refractivity contribution in [2.45, 2.75) is 20.3 Å². The maximum Gasteiger partial charge on any atom is 0.243 e. The summed E-state index contributed by atoms with van der Waals surface area (Å²) in [6, 6.07) is 23.8. The van der Waals surface area contributed by atoms with E-state index < -0.39 is 0 Å². The van der Waals surface area contributed by atoms with Gasteiger partial charge in [-0.15, -0.1) is 0 Å². The van der Waals surface area contributed by atoms with Crippen molar-refractivity contribution in [2.75, 3.05) is 23.8 Å². The first-order valence-corrected chi connectivity index (χ1v) is 9.48. The molecule has 4 heteroatoms. The Bertz CT molecular complexity index is 903. The first-order chi connectivity index (χ1) is 13.6. The van der Waals surface area contributed by atoms with Gasteiger partial charge in [-0.05, 0) is 42.7 Å². The van der Waals surface area contributed by atoms with E-state index in [9.17, 15) is 4.79 Å². The monoisotopic (exact) mass is 374 g/mol. The van der Waals surface area contributed by atoms with Crippen LogP contribution < -0.4 is 15.4 Å². The minimum Gasteiger partial charge on any atom is -0.493 e. The Kier molecular flexibility index (Phi) is 6.68. The summed E-state index contributed by atoms with van der Waals surface area (Å²) in [6.45, 7) is 4.87. The Morgan fingerprint density at radius 2 is 1.61 bits per heavy atom. The van der Waals surface area contributed by atoms with Crippen molar-refractivity contribution in [1.82, 2.24) is 0 Å². The average Bonchev–Trinajstić information content (AvgIpc) is 2.69. The second kappa shape index (κ2) is 9.60. The SMILES string of the molecule is Cc1cccc(C)c1NCC(=O)Nc1cccc(OCCc2ccccc2)c1. The number of benzene rings is 3. The number of anilines is 2. The molecule has 0 saturated carbocycles. The van der Waals surface area contributed by atoms with Crippen molar-refractivity contribution < 1.29 is 9.53 Å². The van der Waals surface area contributed by atoms with Gasteiger partial charge in [-0.25, -0.2) is 0 Å². The van der Waals surface area contributed by atoms with E-state index in [2.05, 4.69) is 22.8 Å². The first-order valence-electron chi connectivity index (χ1n) is 9.48. The van der Waals surface area contributed by atoms with Crippen molar-refractivity contribution in [3.63, 3.8) is 0 Å². The summed E-state index contributed by atoms with van der Waals surface area (Å²) in [7, 11) is 0. The van der Waals surface area contributed by atoms with Crippen molar-refractivity contribution in [2.24, 2.45) is 0 Å². The Morgan fingerprint density at radius 1 is 0.893 bits per heavy atom. The van der Waals surface area contributed by atoms with Gasteiger partial charge in [0.15, 0.2) is 0 Å². The van der Waals surface area contributed by atoms with Gasteiger partial charge in [0.2, 0.25) is 5.91 Å². The van der Waals surface area contributed by atoms with Crippen LogP contribution in [-0.4, -0.2) is 19.1 Å². The van der Waals surface area contributed by atoms with E-state index >= 15 is 0 Å². The van der Waals surface area contributed by atoms with Crippen LogP contribution in [0.25, 0.3) is 0 Å². The summed E-state index contributed by atoms with van der Waals surface area (Å²) in [5.74, 6) is 0.653. The molecule has 0 bridgehead atoms. The summed E-state index contributed by atoms with van der Waals surface area (Å²) in [5, 5.41) is 6.14. The summed E-state index contributed by atoms with van der Waals surface area (Å²) >= 11 is 0. The summed E-state index contributed by atoms with van der Waals surface area (Å²) in [6.07, 6.45) is 0.844. The second-order valence-electron chi connectivity index (χ2n) is 6.78. The number of nitrogens with one attached hydrogen (secondary N) is 2. The van der Waals surface area contributed by atoms with E-state index in [1.54, 1.807) is 0 Å². The van der Waals surface area contributed by atoms with Crippen LogP contribution in [0.5, 0.6) is 5.75 Å². The molecular weight excluding hydrogens is 348 g/mol. The van der Waals surface area contributed by atoms with E-state index in [1.807, 2.05) is 74.5 Å². The summed E-state index contributed by atoms with van der Waals surface area (Å²) in [4.78, 5) is 12.3. The Morgan fingerprint density at radius 3 is 2.36 bits per heavy atom. The number of amides is 1. The van der Waals surface area contributed by atoms with E-state index in [1.165, 1.54) is 5.56 Å². The fourth-order valence-corrected chi connectivity index (χ4v) is 3.06. The fraction of sp³-hybridized carbons (Fsp3) is 0.208. The van der Waals surface area contributed by atoms with Crippen LogP contribution in [0.2, 0.25) is 0 Å². The topological polar surface area (TPSA) is 50.4 Å². The molecule has 3 aromatic rings. The van der Waals surface area contributed by atoms with Crippen LogP contribution in [0, 0.1) is 13.8 Å². The van der Waals surface area contributed by atoms with E-state index in [0.29, 0.717) is 6.61 Å². The molecule has 0 saturated heterocycles.